The molecule has 63 heavy (non-hydrogen) atoms. The van der Waals surface area contributed by atoms with Crippen molar-refractivity contribution in [3.05, 3.63) is 24.3 Å². The molecule has 0 saturated heterocycles. The fourth-order valence-electron chi connectivity index (χ4n) is 9.24. The van der Waals surface area contributed by atoms with Crippen LogP contribution in [0.15, 0.2) is 24.3 Å². The van der Waals surface area contributed by atoms with Crippen LogP contribution in [0.2, 0.25) is 0 Å². The first-order valence-corrected chi connectivity index (χ1v) is 29.1. The molecule has 0 aliphatic heterocycles. The van der Waals surface area contributed by atoms with Crippen LogP contribution in [0.5, 0.6) is 0 Å². The highest BCUT2D eigenvalue weighted by atomic mass is 16.3. The molecule has 4 nitrogen and oxygen atoms in total. The monoisotopic (exact) mass is 886 g/mol. The first-order valence-electron chi connectivity index (χ1n) is 29.1. The van der Waals surface area contributed by atoms with Crippen LogP contribution in [0, 0.1) is 0 Å². The van der Waals surface area contributed by atoms with Crippen LogP contribution in [0.4, 0.5) is 0 Å². The second kappa shape index (κ2) is 55.2. The Morgan fingerprint density at radius 1 is 0.365 bits per heavy atom. The Labute approximate surface area is 396 Å². The number of amides is 1. The maximum atomic E-state index is 12.5. The van der Waals surface area contributed by atoms with Crippen LogP contribution in [-0.2, 0) is 4.79 Å². The fourth-order valence-corrected chi connectivity index (χ4v) is 9.24. The summed E-state index contributed by atoms with van der Waals surface area (Å²) in [5.74, 6) is -0.0594. The van der Waals surface area contributed by atoms with Crippen LogP contribution < -0.4 is 5.32 Å². The molecule has 2 unspecified atom stereocenters. The number of allylic oxidation sites excluding steroid dienone is 3. The number of hydrogen-bond acceptors (Lipinski definition) is 3. The molecule has 4 heteroatoms. The van der Waals surface area contributed by atoms with Crippen LogP contribution in [0.1, 0.15) is 328 Å². The van der Waals surface area contributed by atoms with Crippen LogP contribution in [-0.4, -0.2) is 34.9 Å². The first kappa shape index (κ1) is 61.9. The molecule has 0 saturated carbocycles. The SMILES string of the molecule is CCCCCCCCCC/C=C\CCCCCCCCCCCCCC(=O)NC(CO)C(O)/C=C/CCCCCCCCCCCCCCCCCCCCCCCCCCCC. The molecule has 1 amide bonds. The van der Waals surface area contributed by atoms with Gasteiger partial charge in [0.2, 0.25) is 5.91 Å². The van der Waals surface area contributed by atoms with E-state index in [0.717, 1.165) is 25.7 Å². The molecule has 0 heterocycles. The van der Waals surface area contributed by atoms with Gasteiger partial charge in [-0.1, -0.05) is 301 Å². The average molecular weight is 887 g/mol. The second-order valence-corrected chi connectivity index (χ2v) is 20.1. The lowest BCUT2D eigenvalue weighted by molar-refractivity contribution is -0.123. The maximum absolute atomic E-state index is 12.5. The maximum Gasteiger partial charge on any atom is 0.220 e. The number of carbonyl (C=O) groups excluding carboxylic acids is 1. The molecule has 0 rings (SSSR count). The Hall–Kier alpha value is -1.13. The van der Waals surface area contributed by atoms with Crippen molar-refractivity contribution in [3.8, 4) is 0 Å². The summed E-state index contributed by atoms with van der Waals surface area (Å²) in [5, 5.41) is 23.2. The zero-order valence-electron chi connectivity index (χ0n) is 43.1. The standard InChI is InChI=1S/C59H115NO3/c1-3-5-7-9-11-13-15-17-19-21-23-25-27-28-29-30-31-33-34-36-38-40-42-44-46-48-50-52-54-58(62)57(56-61)60-59(63)55-53-51-49-47-45-43-41-39-37-35-32-26-24-22-20-18-16-14-12-10-8-6-4-2/h22,24,52,54,57-58,61-62H,3-21,23,25-51,53,55-56H2,1-2H3,(H,60,63)/b24-22-,54-52+. The predicted octanol–water partition coefficient (Wildman–Crippen LogP) is 19.1. The van der Waals surface area contributed by atoms with E-state index in [4.69, 9.17) is 0 Å². The molecule has 0 aromatic carbocycles. The van der Waals surface area contributed by atoms with Gasteiger partial charge in [0.05, 0.1) is 18.8 Å². The van der Waals surface area contributed by atoms with E-state index in [9.17, 15) is 15.0 Å². The van der Waals surface area contributed by atoms with Crippen LogP contribution >= 0.6 is 0 Å². The number of nitrogens with one attached hydrogen (secondary N) is 1. The van der Waals surface area contributed by atoms with Crippen molar-refractivity contribution in [1.29, 1.82) is 0 Å². The van der Waals surface area contributed by atoms with Gasteiger partial charge in [0, 0.05) is 6.42 Å². The molecule has 0 aromatic heterocycles. The van der Waals surface area contributed by atoms with E-state index in [0.29, 0.717) is 6.42 Å². The van der Waals surface area contributed by atoms with Crippen molar-refractivity contribution in [2.75, 3.05) is 6.61 Å². The van der Waals surface area contributed by atoms with Crippen molar-refractivity contribution in [2.45, 2.75) is 341 Å². The molecule has 0 radical (unpaired) electrons. The van der Waals surface area contributed by atoms with Gasteiger partial charge in [0.15, 0.2) is 0 Å². The third-order valence-corrected chi connectivity index (χ3v) is 13.7. The predicted molar refractivity (Wildman–Crippen MR) is 281 cm³/mol. The Kier molecular flexibility index (Phi) is 54.2. The van der Waals surface area contributed by atoms with Crippen molar-refractivity contribution in [3.63, 3.8) is 0 Å². The van der Waals surface area contributed by atoms with Crippen LogP contribution in [0.3, 0.4) is 0 Å². The topological polar surface area (TPSA) is 69.6 Å². The summed E-state index contributed by atoms with van der Waals surface area (Å²) in [6, 6.07) is -0.622. The molecule has 0 spiro atoms. The smallest absolute Gasteiger partial charge is 0.220 e. The van der Waals surface area contributed by atoms with Gasteiger partial charge in [-0.2, -0.15) is 0 Å². The lowest BCUT2D eigenvalue weighted by Crippen LogP contribution is -2.45. The van der Waals surface area contributed by atoms with E-state index in [2.05, 4.69) is 31.3 Å². The number of rotatable bonds is 54. The normalized spacial score (nSPS) is 12.9. The van der Waals surface area contributed by atoms with E-state index in [1.807, 2.05) is 6.08 Å². The van der Waals surface area contributed by atoms with E-state index in [1.165, 1.54) is 283 Å². The first-order chi connectivity index (χ1) is 31.2. The second-order valence-electron chi connectivity index (χ2n) is 20.1. The van der Waals surface area contributed by atoms with E-state index in [1.54, 1.807) is 6.08 Å². The highest BCUT2D eigenvalue weighted by molar-refractivity contribution is 5.76. The molecular weight excluding hydrogens is 771 g/mol. The van der Waals surface area contributed by atoms with E-state index in [-0.39, 0.29) is 12.5 Å². The Morgan fingerprint density at radius 3 is 0.873 bits per heavy atom. The minimum atomic E-state index is -0.839. The minimum absolute atomic E-state index is 0.0594. The van der Waals surface area contributed by atoms with Crippen LogP contribution in [0.25, 0.3) is 0 Å². The van der Waals surface area contributed by atoms with Gasteiger partial charge >= 0.3 is 0 Å². The van der Waals surface area contributed by atoms with Gasteiger partial charge in [0.25, 0.3) is 0 Å². The highest BCUT2D eigenvalue weighted by Crippen LogP contribution is 2.18. The van der Waals surface area contributed by atoms with Crippen molar-refractivity contribution < 1.29 is 15.0 Å². The molecule has 374 valence electrons. The molecule has 2 atom stereocenters. The lowest BCUT2D eigenvalue weighted by atomic mass is 10.0. The Morgan fingerprint density at radius 2 is 0.603 bits per heavy atom. The quantitative estimate of drug-likeness (QED) is 0.0421. The lowest BCUT2D eigenvalue weighted by Gasteiger charge is -2.20. The molecular formula is C59H115NO3. The number of unbranched alkanes of at least 4 members (excludes halogenated alkanes) is 45. The zero-order chi connectivity index (χ0) is 45.6. The zero-order valence-corrected chi connectivity index (χ0v) is 43.1. The third kappa shape index (κ3) is 51.7. The summed E-state index contributed by atoms with van der Waals surface area (Å²) in [6.07, 6.45) is 73.5. The van der Waals surface area contributed by atoms with Gasteiger partial charge in [-0.05, 0) is 44.9 Å². The molecule has 0 aromatic rings. The summed E-state index contributed by atoms with van der Waals surface area (Å²) in [6.45, 7) is 4.35. The summed E-state index contributed by atoms with van der Waals surface area (Å²) in [5.41, 5.74) is 0. The van der Waals surface area contributed by atoms with Crippen molar-refractivity contribution in [2.24, 2.45) is 0 Å². The summed E-state index contributed by atoms with van der Waals surface area (Å²) < 4.78 is 0. The van der Waals surface area contributed by atoms with Crippen molar-refractivity contribution >= 4 is 5.91 Å². The summed E-state index contributed by atoms with van der Waals surface area (Å²) >= 11 is 0. The fraction of sp³-hybridized carbons (Fsp3) is 0.915. The summed E-state index contributed by atoms with van der Waals surface area (Å²) in [4.78, 5) is 12.5. The van der Waals surface area contributed by atoms with Gasteiger partial charge in [-0.15, -0.1) is 0 Å². The number of aliphatic hydroxyl groups is 2. The van der Waals surface area contributed by atoms with Gasteiger partial charge in [-0.3, -0.25) is 4.79 Å². The Balaban J connectivity index is 3.46. The largest absolute Gasteiger partial charge is 0.394 e. The summed E-state index contributed by atoms with van der Waals surface area (Å²) in [7, 11) is 0. The minimum Gasteiger partial charge on any atom is -0.394 e. The van der Waals surface area contributed by atoms with Gasteiger partial charge in [-0.25, -0.2) is 0 Å². The van der Waals surface area contributed by atoms with Gasteiger partial charge < -0.3 is 15.5 Å². The highest BCUT2D eigenvalue weighted by Gasteiger charge is 2.18. The average Bonchev–Trinajstić information content (AvgIpc) is 3.29. The molecule has 0 aliphatic carbocycles. The van der Waals surface area contributed by atoms with E-state index >= 15 is 0 Å². The molecule has 0 fully saturated rings. The third-order valence-electron chi connectivity index (χ3n) is 13.7. The number of aliphatic hydroxyl groups excluding tert-OH is 2. The molecule has 0 bridgehead atoms. The molecule has 0 aliphatic rings. The number of carbonyl (C=O) groups is 1. The molecule has 3 N–H and O–H groups in total. The van der Waals surface area contributed by atoms with E-state index < -0.39 is 12.1 Å². The van der Waals surface area contributed by atoms with Crippen molar-refractivity contribution in [1.82, 2.24) is 5.32 Å². The van der Waals surface area contributed by atoms with Gasteiger partial charge in [0.1, 0.15) is 0 Å². The Bertz CT molecular complexity index is 916. The number of hydrogen-bond donors (Lipinski definition) is 3.